The molecule has 0 spiro atoms. The van der Waals surface area contributed by atoms with Crippen molar-refractivity contribution in [1.29, 1.82) is 0 Å². The van der Waals surface area contributed by atoms with Gasteiger partial charge in [0.25, 0.3) is 0 Å². The lowest BCUT2D eigenvalue weighted by atomic mass is 9.85. The molecule has 21 heavy (non-hydrogen) atoms. The van der Waals surface area contributed by atoms with Crippen molar-refractivity contribution < 1.29 is 9.53 Å². The van der Waals surface area contributed by atoms with Gasteiger partial charge in [-0.15, -0.1) is 0 Å². The van der Waals surface area contributed by atoms with Crippen LogP contribution in [0.25, 0.3) is 0 Å². The van der Waals surface area contributed by atoms with Gasteiger partial charge in [-0.2, -0.15) is 0 Å². The molecule has 116 valence electrons. The third-order valence-corrected chi connectivity index (χ3v) is 4.12. The maximum atomic E-state index is 12.3. The van der Waals surface area contributed by atoms with Crippen LogP contribution in [0.15, 0.2) is 30.3 Å². The van der Waals surface area contributed by atoms with Crippen molar-refractivity contribution in [2.75, 3.05) is 20.2 Å². The molecule has 1 amide bonds. The van der Waals surface area contributed by atoms with Crippen LogP contribution in [0.4, 0.5) is 0 Å². The number of ether oxygens (including phenoxy) is 1. The number of carbonyl (C=O) groups excluding carboxylic acids is 1. The first-order chi connectivity index (χ1) is 10.2. The SMILES string of the molecule is CN(CCOCc1ccccc1)C(=O)C1CCCC(N)C1. The lowest BCUT2D eigenvalue weighted by Crippen LogP contribution is -2.40. The van der Waals surface area contributed by atoms with Gasteiger partial charge in [0, 0.05) is 25.6 Å². The maximum absolute atomic E-state index is 12.3. The van der Waals surface area contributed by atoms with Crippen LogP contribution in [0.2, 0.25) is 0 Å². The van der Waals surface area contributed by atoms with E-state index >= 15 is 0 Å². The molecule has 0 bridgehead atoms. The van der Waals surface area contributed by atoms with Crippen LogP contribution >= 0.6 is 0 Å². The molecule has 4 nitrogen and oxygen atoms in total. The van der Waals surface area contributed by atoms with Crippen molar-refractivity contribution in [3.05, 3.63) is 35.9 Å². The topological polar surface area (TPSA) is 55.6 Å². The fraction of sp³-hybridized carbons (Fsp3) is 0.588. The fourth-order valence-electron chi connectivity index (χ4n) is 2.84. The van der Waals surface area contributed by atoms with E-state index in [0.29, 0.717) is 19.8 Å². The molecule has 0 radical (unpaired) electrons. The lowest BCUT2D eigenvalue weighted by molar-refractivity contribution is -0.136. The Hall–Kier alpha value is -1.39. The second-order valence-electron chi connectivity index (χ2n) is 5.92. The molecule has 2 atom stereocenters. The molecule has 1 aliphatic rings. The van der Waals surface area contributed by atoms with Crippen LogP contribution in [0, 0.1) is 5.92 Å². The van der Waals surface area contributed by atoms with Crippen LogP contribution in [0.1, 0.15) is 31.2 Å². The monoisotopic (exact) mass is 290 g/mol. The van der Waals surface area contributed by atoms with Gasteiger partial charge in [0.05, 0.1) is 13.2 Å². The zero-order valence-corrected chi connectivity index (χ0v) is 12.8. The molecular weight excluding hydrogens is 264 g/mol. The number of hydrogen-bond donors (Lipinski definition) is 1. The molecule has 0 heterocycles. The molecule has 1 aromatic rings. The molecular formula is C17H26N2O2. The van der Waals surface area contributed by atoms with Crippen LogP contribution in [-0.2, 0) is 16.1 Å². The van der Waals surface area contributed by atoms with Gasteiger partial charge in [-0.1, -0.05) is 36.8 Å². The van der Waals surface area contributed by atoms with Gasteiger partial charge in [-0.05, 0) is 24.8 Å². The van der Waals surface area contributed by atoms with Gasteiger partial charge >= 0.3 is 0 Å². The Morgan fingerprint density at radius 1 is 1.33 bits per heavy atom. The molecule has 2 N–H and O–H groups in total. The summed E-state index contributed by atoms with van der Waals surface area (Å²) in [6.45, 7) is 1.80. The minimum absolute atomic E-state index is 0.105. The van der Waals surface area contributed by atoms with Gasteiger partial charge in [-0.25, -0.2) is 0 Å². The number of amides is 1. The van der Waals surface area contributed by atoms with Gasteiger partial charge in [0.15, 0.2) is 0 Å². The van der Waals surface area contributed by atoms with Crippen LogP contribution in [-0.4, -0.2) is 37.0 Å². The summed E-state index contributed by atoms with van der Waals surface area (Å²) in [6, 6.07) is 10.3. The Balaban J connectivity index is 1.66. The van der Waals surface area contributed by atoms with Crippen LogP contribution < -0.4 is 5.73 Å². The Morgan fingerprint density at radius 2 is 2.10 bits per heavy atom. The molecule has 0 aliphatic heterocycles. The zero-order chi connectivity index (χ0) is 15.1. The highest BCUT2D eigenvalue weighted by atomic mass is 16.5. The Morgan fingerprint density at radius 3 is 2.81 bits per heavy atom. The summed E-state index contributed by atoms with van der Waals surface area (Å²) in [5, 5.41) is 0. The Labute approximate surface area is 127 Å². The average Bonchev–Trinajstić information content (AvgIpc) is 2.51. The standard InChI is InChI=1S/C17H26N2O2/c1-19(17(20)15-8-5-9-16(18)12-15)10-11-21-13-14-6-3-2-4-7-14/h2-4,6-7,15-16H,5,8-13,18H2,1H3. The summed E-state index contributed by atoms with van der Waals surface area (Å²) in [7, 11) is 1.86. The van der Waals surface area contributed by atoms with Crippen molar-refractivity contribution in [2.45, 2.75) is 38.3 Å². The summed E-state index contributed by atoms with van der Waals surface area (Å²) in [4.78, 5) is 14.1. The van der Waals surface area contributed by atoms with Gasteiger partial charge in [0.1, 0.15) is 0 Å². The van der Waals surface area contributed by atoms with E-state index in [1.54, 1.807) is 4.90 Å². The Bertz CT molecular complexity index is 436. The van der Waals surface area contributed by atoms with Gasteiger partial charge in [0.2, 0.25) is 5.91 Å². The van der Waals surface area contributed by atoms with E-state index < -0.39 is 0 Å². The first-order valence-electron chi connectivity index (χ1n) is 7.79. The molecule has 0 saturated heterocycles. The summed E-state index contributed by atoms with van der Waals surface area (Å²) < 4.78 is 5.63. The lowest BCUT2D eigenvalue weighted by Gasteiger charge is -2.29. The van der Waals surface area contributed by atoms with E-state index in [0.717, 1.165) is 31.2 Å². The van der Waals surface area contributed by atoms with E-state index in [2.05, 4.69) is 0 Å². The van der Waals surface area contributed by atoms with Crippen molar-refractivity contribution in [3.63, 3.8) is 0 Å². The van der Waals surface area contributed by atoms with E-state index in [9.17, 15) is 4.79 Å². The minimum Gasteiger partial charge on any atom is -0.375 e. The highest BCUT2D eigenvalue weighted by molar-refractivity contribution is 5.78. The number of nitrogens with zero attached hydrogens (tertiary/aromatic N) is 1. The van der Waals surface area contributed by atoms with Crippen molar-refractivity contribution in [3.8, 4) is 0 Å². The summed E-state index contributed by atoms with van der Waals surface area (Å²) >= 11 is 0. The average molecular weight is 290 g/mol. The van der Waals surface area contributed by atoms with Crippen molar-refractivity contribution in [2.24, 2.45) is 11.7 Å². The summed E-state index contributed by atoms with van der Waals surface area (Å²) in [5.74, 6) is 0.321. The number of rotatable bonds is 6. The smallest absolute Gasteiger partial charge is 0.225 e. The molecule has 2 unspecified atom stereocenters. The van der Waals surface area contributed by atoms with Crippen molar-refractivity contribution >= 4 is 5.91 Å². The van der Waals surface area contributed by atoms with E-state index in [-0.39, 0.29) is 17.9 Å². The van der Waals surface area contributed by atoms with Gasteiger partial charge < -0.3 is 15.4 Å². The number of nitrogens with two attached hydrogens (primary N) is 1. The molecule has 0 aromatic heterocycles. The van der Waals surface area contributed by atoms with E-state index in [1.807, 2.05) is 37.4 Å². The highest BCUT2D eigenvalue weighted by Crippen LogP contribution is 2.24. The fourth-order valence-corrected chi connectivity index (χ4v) is 2.84. The number of likely N-dealkylation sites (N-methyl/N-ethyl adjacent to an activating group) is 1. The number of benzene rings is 1. The predicted octanol–water partition coefficient (Wildman–Crippen LogP) is 2.18. The minimum atomic E-state index is 0.105. The van der Waals surface area contributed by atoms with E-state index in [4.69, 9.17) is 10.5 Å². The molecule has 1 fully saturated rings. The third kappa shape index (κ3) is 5.14. The summed E-state index contributed by atoms with van der Waals surface area (Å²) in [5.41, 5.74) is 7.11. The predicted molar refractivity (Wildman–Crippen MR) is 83.7 cm³/mol. The first-order valence-corrected chi connectivity index (χ1v) is 7.79. The van der Waals surface area contributed by atoms with Gasteiger partial charge in [-0.3, -0.25) is 4.79 Å². The second-order valence-corrected chi connectivity index (χ2v) is 5.92. The number of hydrogen-bond acceptors (Lipinski definition) is 3. The maximum Gasteiger partial charge on any atom is 0.225 e. The molecule has 1 aliphatic carbocycles. The Kier molecular flexibility index (Phi) is 6.21. The van der Waals surface area contributed by atoms with Crippen LogP contribution in [0.3, 0.4) is 0 Å². The quantitative estimate of drug-likeness (QED) is 0.817. The largest absolute Gasteiger partial charge is 0.375 e. The third-order valence-electron chi connectivity index (χ3n) is 4.12. The normalized spacial score (nSPS) is 22.0. The van der Waals surface area contributed by atoms with Crippen molar-refractivity contribution in [1.82, 2.24) is 4.90 Å². The molecule has 1 aromatic carbocycles. The van der Waals surface area contributed by atoms with E-state index in [1.165, 1.54) is 0 Å². The summed E-state index contributed by atoms with van der Waals surface area (Å²) in [6.07, 6.45) is 3.92. The molecule has 1 saturated carbocycles. The molecule has 2 rings (SSSR count). The zero-order valence-electron chi connectivity index (χ0n) is 12.8. The second kappa shape index (κ2) is 8.15. The first kappa shape index (κ1) is 16.0. The van der Waals surface area contributed by atoms with Crippen LogP contribution in [0.5, 0.6) is 0 Å². The highest BCUT2D eigenvalue weighted by Gasteiger charge is 2.27. The molecule has 4 heteroatoms. The number of carbonyl (C=O) groups is 1.